The van der Waals surface area contributed by atoms with Gasteiger partial charge < -0.3 is 5.73 Å². The molecule has 0 amide bonds. The highest BCUT2D eigenvalue weighted by Gasteiger charge is 2.23. The SMILES string of the molecule is C[C@H](N)C(=O)SN(SC(=S)c1ccccc1)[C@@H](C)[C]=O. The molecule has 20 heavy (non-hydrogen) atoms. The number of nitrogens with zero attached hydrogens (tertiary/aromatic N) is 1. The number of hydrogen-bond acceptors (Lipinski definition) is 7. The number of nitrogens with two attached hydrogens (primary N) is 1. The highest BCUT2D eigenvalue weighted by molar-refractivity contribution is 8.30. The van der Waals surface area contributed by atoms with Crippen LogP contribution in [0, 0.1) is 0 Å². The molecule has 0 saturated carbocycles. The normalized spacial score (nSPS) is 13.8. The number of carbonyl (C=O) groups is 1. The van der Waals surface area contributed by atoms with Crippen molar-refractivity contribution in [3.05, 3.63) is 35.9 Å². The zero-order valence-corrected chi connectivity index (χ0v) is 13.6. The molecule has 0 unspecified atom stereocenters. The molecule has 0 aliphatic carbocycles. The van der Waals surface area contributed by atoms with Gasteiger partial charge in [-0.1, -0.05) is 42.5 Å². The molecule has 0 fully saturated rings. The minimum atomic E-state index is -0.604. The van der Waals surface area contributed by atoms with E-state index < -0.39 is 12.1 Å². The molecule has 7 heteroatoms. The topological polar surface area (TPSA) is 63.4 Å². The van der Waals surface area contributed by atoms with Gasteiger partial charge in [0.05, 0.1) is 16.3 Å². The fourth-order valence-electron chi connectivity index (χ4n) is 1.10. The minimum absolute atomic E-state index is 0.226. The Labute approximate surface area is 132 Å². The van der Waals surface area contributed by atoms with Gasteiger partial charge in [0.2, 0.25) is 11.4 Å². The second-order valence-electron chi connectivity index (χ2n) is 4.02. The van der Waals surface area contributed by atoms with Crippen molar-refractivity contribution < 1.29 is 9.59 Å². The highest BCUT2D eigenvalue weighted by atomic mass is 32.2. The summed E-state index contributed by atoms with van der Waals surface area (Å²) in [5, 5.41) is -0.226. The van der Waals surface area contributed by atoms with Gasteiger partial charge in [-0.25, -0.2) is 0 Å². The third-order valence-corrected chi connectivity index (χ3v) is 5.07. The summed E-state index contributed by atoms with van der Waals surface area (Å²) in [6.45, 7) is 3.25. The molecule has 107 valence electrons. The second kappa shape index (κ2) is 8.53. The molecule has 4 nitrogen and oxygen atoms in total. The molecular formula is C13H15N2O2S3. The van der Waals surface area contributed by atoms with Gasteiger partial charge in [0, 0.05) is 17.5 Å². The Morgan fingerprint density at radius 3 is 2.40 bits per heavy atom. The first-order chi connectivity index (χ1) is 9.45. The molecule has 1 rings (SSSR count). The minimum Gasteiger partial charge on any atom is -0.321 e. The van der Waals surface area contributed by atoms with E-state index in [1.165, 1.54) is 15.7 Å². The van der Waals surface area contributed by atoms with Crippen molar-refractivity contribution >= 4 is 51.7 Å². The average Bonchev–Trinajstić information content (AvgIpc) is 2.46. The van der Waals surface area contributed by atoms with Gasteiger partial charge in [-0.05, 0) is 25.8 Å². The summed E-state index contributed by atoms with van der Waals surface area (Å²) in [5.74, 6) is 0. The number of benzene rings is 1. The summed E-state index contributed by atoms with van der Waals surface area (Å²) in [6.07, 6.45) is 1.85. The summed E-state index contributed by atoms with van der Waals surface area (Å²) in [6, 6.07) is 8.22. The quantitative estimate of drug-likeness (QED) is 0.635. The summed E-state index contributed by atoms with van der Waals surface area (Å²) < 4.78 is 2.10. The molecule has 1 aromatic carbocycles. The van der Waals surface area contributed by atoms with E-state index in [1.54, 1.807) is 13.8 Å². The van der Waals surface area contributed by atoms with Crippen LogP contribution >= 0.6 is 36.1 Å². The van der Waals surface area contributed by atoms with Crippen LogP contribution < -0.4 is 5.73 Å². The molecule has 0 heterocycles. The fraction of sp³-hybridized carbons (Fsp3) is 0.308. The van der Waals surface area contributed by atoms with Crippen LogP contribution in [-0.4, -0.2) is 31.4 Å². The van der Waals surface area contributed by atoms with E-state index >= 15 is 0 Å². The van der Waals surface area contributed by atoms with Crippen LogP contribution in [0.15, 0.2) is 30.3 Å². The highest BCUT2D eigenvalue weighted by Crippen LogP contribution is 2.29. The maximum absolute atomic E-state index is 11.7. The van der Waals surface area contributed by atoms with E-state index in [2.05, 4.69) is 0 Å². The Morgan fingerprint density at radius 1 is 1.30 bits per heavy atom. The summed E-state index contributed by atoms with van der Waals surface area (Å²) >= 11 is 7.37. The van der Waals surface area contributed by atoms with Crippen LogP contribution in [0.2, 0.25) is 0 Å². The van der Waals surface area contributed by atoms with Crippen molar-refractivity contribution in [2.75, 3.05) is 0 Å². The van der Waals surface area contributed by atoms with Crippen LogP contribution in [0.25, 0.3) is 0 Å². The lowest BCUT2D eigenvalue weighted by atomic mass is 10.2. The van der Waals surface area contributed by atoms with E-state index in [1.807, 2.05) is 36.6 Å². The van der Waals surface area contributed by atoms with Crippen LogP contribution in [-0.2, 0) is 9.59 Å². The zero-order chi connectivity index (χ0) is 15.1. The first kappa shape index (κ1) is 17.3. The zero-order valence-electron chi connectivity index (χ0n) is 11.1. The van der Waals surface area contributed by atoms with Crippen LogP contribution in [0.5, 0.6) is 0 Å². The molecular weight excluding hydrogens is 312 g/mol. The second-order valence-corrected chi connectivity index (χ2v) is 6.88. The van der Waals surface area contributed by atoms with E-state index in [0.29, 0.717) is 4.20 Å². The maximum Gasteiger partial charge on any atom is 0.221 e. The average molecular weight is 327 g/mol. The smallest absolute Gasteiger partial charge is 0.221 e. The monoisotopic (exact) mass is 327 g/mol. The molecule has 2 atom stereocenters. The van der Waals surface area contributed by atoms with Crippen molar-refractivity contribution in [1.82, 2.24) is 3.71 Å². The summed E-state index contributed by atoms with van der Waals surface area (Å²) in [4.78, 5) is 22.5. The molecule has 0 aliphatic rings. The first-order valence-corrected chi connectivity index (χ1v) is 7.83. The van der Waals surface area contributed by atoms with Crippen molar-refractivity contribution in [1.29, 1.82) is 0 Å². The van der Waals surface area contributed by atoms with Crippen molar-refractivity contribution in [2.24, 2.45) is 5.73 Å². The van der Waals surface area contributed by atoms with Crippen LogP contribution in [0.3, 0.4) is 0 Å². The number of rotatable bonds is 6. The third kappa shape index (κ3) is 5.34. The van der Waals surface area contributed by atoms with Gasteiger partial charge in [0.1, 0.15) is 0 Å². The van der Waals surface area contributed by atoms with Crippen molar-refractivity contribution in [2.45, 2.75) is 25.9 Å². The lowest BCUT2D eigenvalue weighted by Gasteiger charge is -2.22. The summed E-state index contributed by atoms with van der Waals surface area (Å²) in [7, 11) is 0. The Hall–Kier alpha value is -0.730. The van der Waals surface area contributed by atoms with Gasteiger partial charge >= 0.3 is 0 Å². The number of hydrogen-bond donors (Lipinski definition) is 1. The van der Waals surface area contributed by atoms with Crippen LogP contribution in [0.1, 0.15) is 19.4 Å². The Bertz CT molecular complexity index is 480. The van der Waals surface area contributed by atoms with E-state index in [0.717, 1.165) is 17.5 Å². The lowest BCUT2D eigenvalue weighted by molar-refractivity contribution is -0.111. The molecule has 0 bridgehead atoms. The third-order valence-electron chi connectivity index (χ3n) is 2.22. The Morgan fingerprint density at radius 2 is 1.90 bits per heavy atom. The van der Waals surface area contributed by atoms with Crippen molar-refractivity contribution in [3.8, 4) is 0 Å². The van der Waals surface area contributed by atoms with Gasteiger partial charge in [0.25, 0.3) is 0 Å². The molecule has 1 radical (unpaired) electrons. The van der Waals surface area contributed by atoms with Gasteiger partial charge in [0.15, 0.2) is 0 Å². The maximum atomic E-state index is 11.7. The Balaban J connectivity index is 2.77. The molecule has 0 aliphatic heterocycles. The molecule has 0 aromatic heterocycles. The van der Waals surface area contributed by atoms with E-state index in [-0.39, 0.29) is 5.12 Å². The Kier molecular flexibility index (Phi) is 7.39. The van der Waals surface area contributed by atoms with Crippen LogP contribution in [0.4, 0.5) is 0 Å². The standard InChI is InChI=1S/C13H15N2O2S3/c1-9(8-16)15(19-12(17)10(2)14)20-13(18)11-6-4-3-5-7-11/h3-7,9-10H,14H2,1-2H3/t9-,10-/m0/s1. The number of thiocarbonyl (C=S) groups is 1. The predicted molar refractivity (Wildman–Crippen MR) is 89.0 cm³/mol. The molecule has 1 aromatic rings. The van der Waals surface area contributed by atoms with E-state index in [4.69, 9.17) is 18.0 Å². The number of carbonyl (C=O) groups excluding carboxylic acids is 2. The molecule has 2 N–H and O–H groups in total. The fourth-order valence-corrected chi connectivity index (χ4v) is 3.36. The predicted octanol–water partition coefficient (Wildman–Crippen LogP) is 2.33. The molecule has 0 spiro atoms. The summed E-state index contributed by atoms with van der Waals surface area (Å²) in [5.41, 5.74) is 6.40. The van der Waals surface area contributed by atoms with Gasteiger partial charge in [-0.2, -0.15) is 3.71 Å². The largest absolute Gasteiger partial charge is 0.321 e. The lowest BCUT2D eigenvalue weighted by Crippen LogP contribution is -2.31. The van der Waals surface area contributed by atoms with E-state index in [9.17, 15) is 9.59 Å². The molecule has 0 saturated heterocycles. The van der Waals surface area contributed by atoms with Crippen molar-refractivity contribution in [3.63, 3.8) is 0 Å². The van der Waals surface area contributed by atoms with Gasteiger partial charge in [-0.15, -0.1) is 0 Å². The first-order valence-electron chi connectivity index (χ1n) is 5.87. The van der Waals surface area contributed by atoms with Gasteiger partial charge in [-0.3, -0.25) is 9.59 Å².